The van der Waals surface area contributed by atoms with Gasteiger partial charge in [-0.1, -0.05) is 42.3 Å². The van der Waals surface area contributed by atoms with E-state index in [2.05, 4.69) is 67.8 Å². The van der Waals surface area contributed by atoms with Crippen LogP contribution in [-0.4, -0.2) is 14.5 Å². The van der Waals surface area contributed by atoms with Crippen molar-refractivity contribution >= 4 is 11.9 Å². The molecule has 0 radical (unpaired) electrons. The fourth-order valence-corrected chi connectivity index (χ4v) is 2.56. The van der Waals surface area contributed by atoms with Gasteiger partial charge < -0.3 is 0 Å². The van der Waals surface area contributed by atoms with Gasteiger partial charge in [0.05, 0.1) is 17.4 Å². The Morgan fingerprint density at radius 3 is 2.45 bits per heavy atom. The van der Waals surface area contributed by atoms with Crippen LogP contribution in [0, 0.1) is 0 Å². The second-order valence-electron chi connectivity index (χ2n) is 6.00. The zero-order chi connectivity index (χ0) is 14.8. The van der Waals surface area contributed by atoms with Gasteiger partial charge in [-0.3, -0.25) is 9.40 Å². The van der Waals surface area contributed by atoms with Gasteiger partial charge in [-0.25, -0.2) is 0 Å². The summed E-state index contributed by atoms with van der Waals surface area (Å²) in [6.45, 7) is 8.75. The Labute approximate surface area is 125 Å². The quantitative estimate of drug-likeness (QED) is 0.856. The normalized spacial score (nSPS) is 13.4. The zero-order valence-corrected chi connectivity index (χ0v) is 13.7. The van der Waals surface area contributed by atoms with Gasteiger partial charge >= 0.3 is 0 Å². The maximum absolute atomic E-state index is 4.63. The van der Waals surface area contributed by atoms with Gasteiger partial charge in [0.25, 0.3) is 0 Å². The molecule has 0 amide bonds. The first-order chi connectivity index (χ1) is 9.37. The van der Waals surface area contributed by atoms with Crippen molar-refractivity contribution < 1.29 is 0 Å². The van der Waals surface area contributed by atoms with E-state index >= 15 is 0 Å². The van der Waals surface area contributed by atoms with Crippen LogP contribution in [0.4, 0.5) is 0 Å². The number of nitrogens with one attached hydrogen (secondary N) is 1. The van der Waals surface area contributed by atoms with Gasteiger partial charge in [-0.2, -0.15) is 5.10 Å². The molecule has 2 aromatic rings. The van der Waals surface area contributed by atoms with Crippen molar-refractivity contribution in [3.8, 4) is 11.3 Å². The molecule has 108 valence electrons. The largest absolute Gasteiger partial charge is 0.268 e. The van der Waals surface area contributed by atoms with Crippen molar-refractivity contribution in [2.24, 2.45) is 7.05 Å². The summed E-state index contributed by atoms with van der Waals surface area (Å²) in [7, 11) is 2.00. The highest BCUT2D eigenvalue weighted by Gasteiger charge is 2.16. The Hall–Kier alpha value is -1.26. The Kier molecular flexibility index (Phi) is 4.55. The number of aromatic nitrogens is 2. The SMILES string of the molecule is CC(NSC(C)(C)C)c1cc(-c2ccccc2)n(C)n1. The monoisotopic (exact) mass is 289 g/mol. The molecule has 20 heavy (non-hydrogen) atoms. The van der Waals surface area contributed by atoms with Crippen LogP contribution < -0.4 is 4.72 Å². The number of nitrogens with zero attached hydrogens (tertiary/aromatic N) is 2. The standard InChI is InChI=1S/C16H23N3S/c1-12(18-20-16(2,3)4)14-11-15(19(5)17-14)13-9-7-6-8-10-13/h6-12,18H,1-5H3. The first-order valence-corrected chi connectivity index (χ1v) is 7.71. The van der Waals surface area contributed by atoms with Gasteiger partial charge in [-0.15, -0.1) is 0 Å². The highest BCUT2D eigenvalue weighted by Crippen LogP contribution is 2.26. The third-order valence-corrected chi connectivity index (χ3v) is 4.04. The number of benzene rings is 1. The Balaban J connectivity index is 2.15. The molecular formula is C16H23N3S. The maximum atomic E-state index is 4.63. The third-order valence-electron chi connectivity index (χ3n) is 2.95. The van der Waals surface area contributed by atoms with Crippen LogP contribution in [0.25, 0.3) is 11.3 Å². The molecule has 3 nitrogen and oxygen atoms in total. The van der Waals surface area contributed by atoms with Crippen molar-refractivity contribution in [2.45, 2.75) is 38.5 Å². The zero-order valence-electron chi connectivity index (χ0n) is 12.8. The van der Waals surface area contributed by atoms with Crippen molar-refractivity contribution in [1.29, 1.82) is 0 Å². The average Bonchev–Trinajstić information content (AvgIpc) is 2.78. The minimum Gasteiger partial charge on any atom is -0.268 e. The molecule has 4 heteroatoms. The van der Waals surface area contributed by atoms with E-state index in [1.165, 1.54) is 5.56 Å². The molecule has 0 aliphatic carbocycles. The lowest BCUT2D eigenvalue weighted by Crippen LogP contribution is -2.20. The van der Waals surface area contributed by atoms with Crippen LogP contribution in [0.3, 0.4) is 0 Å². The Bertz CT molecular complexity index is 555. The smallest absolute Gasteiger partial charge is 0.0806 e. The predicted octanol–water partition coefficient (Wildman–Crippen LogP) is 4.18. The first-order valence-electron chi connectivity index (χ1n) is 6.90. The molecule has 1 heterocycles. The first kappa shape index (κ1) is 15.1. The molecule has 0 bridgehead atoms. The summed E-state index contributed by atoms with van der Waals surface area (Å²) < 4.78 is 5.62. The van der Waals surface area contributed by atoms with E-state index in [1.807, 2.05) is 17.8 Å². The molecule has 0 saturated heterocycles. The van der Waals surface area contributed by atoms with E-state index in [0.29, 0.717) is 0 Å². The molecule has 1 aromatic carbocycles. The molecular weight excluding hydrogens is 266 g/mol. The molecule has 0 spiro atoms. The average molecular weight is 289 g/mol. The molecule has 0 aliphatic rings. The van der Waals surface area contributed by atoms with Gasteiger partial charge in [0.15, 0.2) is 0 Å². The molecule has 1 aromatic heterocycles. The van der Waals surface area contributed by atoms with Gasteiger partial charge in [0.1, 0.15) is 0 Å². The number of hydrogen-bond acceptors (Lipinski definition) is 3. The summed E-state index contributed by atoms with van der Waals surface area (Å²) in [5.41, 5.74) is 3.42. The van der Waals surface area contributed by atoms with E-state index in [4.69, 9.17) is 0 Å². The molecule has 0 fully saturated rings. The van der Waals surface area contributed by atoms with E-state index in [9.17, 15) is 0 Å². The van der Waals surface area contributed by atoms with Crippen LogP contribution in [0.5, 0.6) is 0 Å². The van der Waals surface area contributed by atoms with Crippen molar-refractivity contribution in [3.05, 3.63) is 42.1 Å². The molecule has 1 N–H and O–H groups in total. The minimum absolute atomic E-state index is 0.200. The van der Waals surface area contributed by atoms with E-state index < -0.39 is 0 Å². The lowest BCUT2D eigenvalue weighted by atomic mass is 10.1. The van der Waals surface area contributed by atoms with Crippen LogP contribution in [0.15, 0.2) is 36.4 Å². The molecule has 0 saturated carbocycles. The topological polar surface area (TPSA) is 29.9 Å². The predicted molar refractivity (Wildman–Crippen MR) is 87.5 cm³/mol. The number of hydrogen-bond donors (Lipinski definition) is 1. The third kappa shape index (κ3) is 3.87. The maximum Gasteiger partial charge on any atom is 0.0806 e. The number of aryl methyl sites for hydroxylation is 1. The highest BCUT2D eigenvalue weighted by atomic mass is 32.2. The van der Waals surface area contributed by atoms with Crippen LogP contribution in [0.2, 0.25) is 0 Å². The molecule has 1 atom stereocenters. The molecule has 0 aliphatic heterocycles. The lowest BCUT2D eigenvalue weighted by Gasteiger charge is -2.20. The Morgan fingerprint density at radius 1 is 1.20 bits per heavy atom. The van der Waals surface area contributed by atoms with E-state index in [-0.39, 0.29) is 10.8 Å². The van der Waals surface area contributed by atoms with Gasteiger partial charge in [-0.05, 0) is 39.3 Å². The van der Waals surface area contributed by atoms with Crippen molar-refractivity contribution in [3.63, 3.8) is 0 Å². The summed E-state index contributed by atoms with van der Waals surface area (Å²) in [5.74, 6) is 0. The van der Waals surface area contributed by atoms with Crippen LogP contribution in [0.1, 0.15) is 39.4 Å². The fraction of sp³-hybridized carbons (Fsp3) is 0.438. The summed E-state index contributed by atoms with van der Waals surface area (Å²) in [6, 6.07) is 12.8. The number of rotatable bonds is 4. The minimum atomic E-state index is 0.200. The van der Waals surface area contributed by atoms with E-state index in [0.717, 1.165) is 11.4 Å². The molecule has 2 rings (SSSR count). The van der Waals surface area contributed by atoms with Crippen molar-refractivity contribution in [2.75, 3.05) is 0 Å². The summed E-state index contributed by atoms with van der Waals surface area (Å²) in [5, 5.41) is 4.63. The van der Waals surface area contributed by atoms with E-state index in [1.54, 1.807) is 11.9 Å². The van der Waals surface area contributed by atoms with Gasteiger partial charge in [0.2, 0.25) is 0 Å². The van der Waals surface area contributed by atoms with Crippen LogP contribution in [-0.2, 0) is 7.05 Å². The second-order valence-corrected chi connectivity index (χ2v) is 7.66. The van der Waals surface area contributed by atoms with Gasteiger partial charge in [0, 0.05) is 11.8 Å². The molecule has 1 unspecified atom stereocenters. The Morgan fingerprint density at radius 2 is 1.85 bits per heavy atom. The van der Waals surface area contributed by atoms with Crippen LogP contribution >= 0.6 is 11.9 Å². The summed E-state index contributed by atoms with van der Waals surface area (Å²) >= 11 is 1.75. The summed E-state index contributed by atoms with van der Waals surface area (Å²) in [4.78, 5) is 0. The highest BCUT2D eigenvalue weighted by molar-refractivity contribution is 7.98. The lowest BCUT2D eigenvalue weighted by molar-refractivity contribution is 0.667. The second kappa shape index (κ2) is 6.02. The van der Waals surface area contributed by atoms with Crippen molar-refractivity contribution in [1.82, 2.24) is 14.5 Å². The fourth-order valence-electron chi connectivity index (χ4n) is 1.91. The summed E-state index contributed by atoms with van der Waals surface area (Å²) in [6.07, 6.45) is 0.